The van der Waals surface area contributed by atoms with E-state index in [9.17, 15) is 18.0 Å². The predicted octanol–water partition coefficient (Wildman–Crippen LogP) is 4.58. The Kier molecular flexibility index (Phi) is 6.12. The number of hydrogen-bond acceptors (Lipinski definition) is 5. The molecule has 0 unspecified atom stereocenters. The van der Waals surface area contributed by atoms with Crippen LogP contribution in [0, 0.1) is 13.8 Å². The Morgan fingerprint density at radius 1 is 0.941 bits per heavy atom. The van der Waals surface area contributed by atoms with Gasteiger partial charge in [-0.3, -0.25) is 9.59 Å². The minimum absolute atomic E-state index is 0.0988. The first-order valence-electron chi connectivity index (χ1n) is 10.6. The van der Waals surface area contributed by atoms with Crippen LogP contribution in [0.5, 0.6) is 0 Å². The van der Waals surface area contributed by atoms with Crippen LogP contribution < -0.4 is 10.7 Å². The highest BCUT2D eigenvalue weighted by atomic mass is 32.2. The van der Waals surface area contributed by atoms with Gasteiger partial charge < -0.3 is 9.73 Å². The normalized spacial score (nSPS) is 11.7. The molecule has 4 aromatic rings. The highest BCUT2D eigenvalue weighted by Crippen LogP contribution is 2.28. The van der Waals surface area contributed by atoms with Crippen molar-refractivity contribution >= 4 is 32.6 Å². The Hall–Kier alpha value is -3.75. The van der Waals surface area contributed by atoms with Crippen molar-refractivity contribution in [3.05, 3.63) is 93.6 Å². The largest absolute Gasteiger partial charge is 0.455 e. The molecule has 0 saturated carbocycles. The van der Waals surface area contributed by atoms with Gasteiger partial charge in [0, 0.05) is 30.9 Å². The molecule has 1 heterocycles. The van der Waals surface area contributed by atoms with Crippen LogP contribution in [0.2, 0.25) is 0 Å². The van der Waals surface area contributed by atoms with Crippen molar-refractivity contribution in [3.63, 3.8) is 0 Å². The summed E-state index contributed by atoms with van der Waals surface area (Å²) in [6.45, 7) is 3.38. The summed E-state index contributed by atoms with van der Waals surface area (Å²) in [5, 5.41) is 3.03. The highest BCUT2D eigenvalue weighted by Gasteiger charge is 2.22. The summed E-state index contributed by atoms with van der Waals surface area (Å²) >= 11 is 0. The van der Waals surface area contributed by atoms with Gasteiger partial charge in [0.1, 0.15) is 5.76 Å². The first-order valence-corrected chi connectivity index (χ1v) is 12.0. The lowest BCUT2D eigenvalue weighted by molar-refractivity contribution is 0.102. The van der Waals surface area contributed by atoms with Crippen LogP contribution in [-0.2, 0) is 10.0 Å². The maximum absolute atomic E-state index is 13.2. The molecule has 0 fully saturated rings. The molecule has 1 N–H and O–H groups in total. The van der Waals surface area contributed by atoms with E-state index in [4.69, 9.17) is 4.42 Å². The second-order valence-corrected chi connectivity index (χ2v) is 10.3. The van der Waals surface area contributed by atoms with Crippen LogP contribution in [0.15, 0.2) is 80.8 Å². The summed E-state index contributed by atoms with van der Waals surface area (Å²) in [5.41, 5.74) is 2.17. The number of sulfonamides is 1. The number of carbonyl (C=O) groups is 1. The average Bonchev–Trinajstić information content (AvgIpc) is 2.82. The zero-order valence-electron chi connectivity index (χ0n) is 19.2. The number of nitrogens with zero attached hydrogens (tertiary/aromatic N) is 1. The van der Waals surface area contributed by atoms with Crippen LogP contribution in [0.1, 0.15) is 21.5 Å². The van der Waals surface area contributed by atoms with Crippen molar-refractivity contribution in [3.8, 4) is 11.3 Å². The monoisotopic (exact) mass is 476 g/mol. The molecule has 1 aromatic heterocycles. The van der Waals surface area contributed by atoms with E-state index in [2.05, 4.69) is 5.32 Å². The maximum Gasteiger partial charge on any atom is 0.259 e. The third kappa shape index (κ3) is 4.13. The fourth-order valence-electron chi connectivity index (χ4n) is 3.70. The zero-order valence-corrected chi connectivity index (χ0v) is 20.1. The molecule has 4 rings (SSSR count). The fraction of sp³-hybridized carbons (Fsp3) is 0.154. The minimum atomic E-state index is -3.69. The Morgan fingerprint density at radius 2 is 1.65 bits per heavy atom. The van der Waals surface area contributed by atoms with Crippen LogP contribution in [0.4, 0.5) is 5.69 Å². The Labute approximate surface area is 197 Å². The van der Waals surface area contributed by atoms with Gasteiger partial charge in [-0.05, 0) is 43.7 Å². The molecular formula is C26H24N2O5S. The average molecular weight is 477 g/mol. The standard InChI is InChI=1S/C26H24N2O5S/c1-16-13-14-19(15-22(16)34(31,32)28(3)4)27-26(30)21-12-8-11-20-23(29)17(2)24(33-25(20)21)18-9-6-5-7-10-18/h5-15H,1-4H3,(H,27,30). The molecule has 0 bridgehead atoms. The number of aryl methyl sites for hydroxylation is 1. The first-order chi connectivity index (χ1) is 16.1. The van der Waals surface area contributed by atoms with E-state index in [0.29, 0.717) is 28.0 Å². The number of carbonyl (C=O) groups excluding carboxylic acids is 1. The van der Waals surface area contributed by atoms with Gasteiger partial charge in [0.25, 0.3) is 5.91 Å². The molecule has 0 aliphatic carbocycles. The lowest BCUT2D eigenvalue weighted by atomic mass is 10.0. The molecule has 1 amide bonds. The van der Waals surface area contributed by atoms with Gasteiger partial charge in [-0.15, -0.1) is 0 Å². The second kappa shape index (κ2) is 8.89. The molecule has 0 spiro atoms. The molecule has 8 heteroatoms. The Bertz CT molecular complexity index is 1570. The van der Waals surface area contributed by atoms with Crippen LogP contribution in [0.25, 0.3) is 22.3 Å². The SMILES string of the molecule is Cc1ccc(NC(=O)c2cccc3c(=O)c(C)c(-c4ccccc4)oc23)cc1S(=O)(=O)N(C)C. The van der Waals surface area contributed by atoms with E-state index in [1.807, 2.05) is 30.3 Å². The predicted molar refractivity (Wildman–Crippen MR) is 133 cm³/mol. The lowest BCUT2D eigenvalue weighted by Crippen LogP contribution is -2.23. The third-order valence-corrected chi connectivity index (χ3v) is 7.59. The molecular weight excluding hydrogens is 452 g/mol. The van der Waals surface area contributed by atoms with E-state index in [1.54, 1.807) is 44.2 Å². The van der Waals surface area contributed by atoms with Gasteiger partial charge in [0.15, 0.2) is 11.0 Å². The van der Waals surface area contributed by atoms with E-state index in [-0.39, 0.29) is 21.5 Å². The number of rotatable bonds is 5. The van der Waals surface area contributed by atoms with E-state index < -0.39 is 15.9 Å². The van der Waals surface area contributed by atoms with Crippen molar-refractivity contribution < 1.29 is 17.6 Å². The number of para-hydroxylation sites is 1. The van der Waals surface area contributed by atoms with Crippen molar-refractivity contribution in [2.75, 3.05) is 19.4 Å². The number of hydrogen-bond donors (Lipinski definition) is 1. The Balaban J connectivity index is 1.80. The summed E-state index contributed by atoms with van der Waals surface area (Å²) in [4.78, 5) is 26.4. The van der Waals surface area contributed by atoms with E-state index in [1.165, 1.54) is 20.2 Å². The molecule has 174 valence electrons. The molecule has 0 aliphatic rings. The van der Waals surface area contributed by atoms with Crippen molar-refractivity contribution in [1.29, 1.82) is 0 Å². The number of benzene rings is 3. The number of fused-ring (bicyclic) bond motifs is 1. The summed E-state index contributed by atoms with van der Waals surface area (Å²) < 4.78 is 32.5. The molecule has 0 saturated heterocycles. The molecule has 7 nitrogen and oxygen atoms in total. The molecule has 34 heavy (non-hydrogen) atoms. The zero-order chi connectivity index (χ0) is 24.6. The summed E-state index contributed by atoms with van der Waals surface area (Å²) in [6, 6.07) is 18.7. The molecule has 0 aliphatic heterocycles. The minimum Gasteiger partial charge on any atom is -0.455 e. The summed E-state index contributed by atoms with van der Waals surface area (Å²) in [6.07, 6.45) is 0. The second-order valence-electron chi connectivity index (χ2n) is 8.16. The maximum atomic E-state index is 13.2. The first kappa shape index (κ1) is 23.4. The topological polar surface area (TPSA) is 96.7 Å². The fourth-order valence-corrected chi connectivity index (χ4v) is 4.85. The molecule has 3 aromatic carbocycles. The van der Waals surface area contributed by atoms with Gasteiger partial charge in [-0.2, -0.15) is 0 Å². The van der Waals surface area contributed by atoms with E-state index >= 15 is 0 Å². The van der Waals surface area contributed by atoms with Gasteiger partial charge >= 0.3 is 0 Å². The van der Waals surface area contributed by atoms with Gasteiger partial charge in [-0.1, -0.05) is 42.5 Å². The van der Waals surface area contributed by atoms with Crippen molar-refractivity contribution in [2.24, 2.45) is 0 Å². The van der Waals surface area contributed by atoms with Gasteiger partial charge in [-0.25, -0.2) is 12.7 Å². The number of nitrogens with one attached hydrogen (secondary N) is 1. The van der Waals surface area contributed by atoms with E-state index in [0.717, 1.165) is 9.87 Å². The molecule has 0 atom stereocenters. The number of amides is 1. The van der Waals surface area contributed by atoms with Crippen molar-refractivity contribution in [1.82, 2.24) is 4.31 Å². The number of anilines is 1. The summed E-state index contributed by atoms with van der Waals surface area (Å²) in [7, 11) is -0.792. The van der Waals surface area contributed by atoms with Crippen LogP contribution >= 0.6 is 0 Å². The molecule has 0 radical (unpaired) electrons. The van der Waals surface area contributed by atoms with Crippen LogP contribution in [-0.4, -0.2) is 32.7 Å². The summed E-state index contributed by atoms with van der Waals surface area (Å²) in [5.74, 6) is -0.123. The third-order valence-electron chi connectivity index (χ3n) is 5.63. The quantitative estimate of drug-likeness (QED) is 0.455. The van der Waals surface area contributed by atoms with Gasteiger partial charge in [0.05, 0.1) is 15.8 Å². The lowest BCUT2D eigenvalue weighted by Gasteiger charge is -2.15. The Morgan fingerprint density at radius 3 is 2.32 bits per heavy atom. The van der Waals surface area contributed by atoms with Crippen molar-refractivity contribution in [2.45, 2.75) is 18.7 Å². The highest BCUT2D eigenvalue weighted by molar-refractivity contribution is 7.89. The van der Waals surface area contributed by atoms with Crippen LogP contribution in [0.3, 0.4) is 0 Å². The smallest absolute Gasteiger partial charge is 0.259 e. The van der Waals surface area contributed by atoms with Gasteiger partial charge in [0.2, 0.25) is 10.0 Å².